The van der Waals surface area contributed by atoms with Crippen LogP contribution in [0.15, 0.2) is 59.6 Å². The molecule has 0 unspecified atom stereocenters. The minimum atomic E-state index is 0.0185. The van der Waals surface area contributed by atoms with Crippen LogP contribution < -0.4 is 0 Å². The highest BCUT2D eigenvalue weighted by Gasteiger charge is 1.91. The topological polar surface area (TPSA) is 17.1 Å². The zero-order valence-corrected chi connectivity index (χ0v) is 17.1. The first-order valence-corrected chi connectivity index (χ1v) is 9.00. The summed E-state index contributed by atoms with van der Waals surface area (Å²) in [5.41, 5.74) is 5.44. The minimum Gasteiger partial charge on any atom is -0.295 e. The quantitative estimate of drug-likeness (QED) is 0.529. The average molecular weight is 389 g/mol. The molecule has 0 radical (unpaired) electrons. The van der Waals surface area contributed by atoms with E-state index in [4.69, 9.17) is 0 Å². The van der Waals surface area contributed by atoms with Crippen molar-refractivity contribution in [1.82, 2.24) is 0 Å². The lowest BCUT2D eigenvalue weighted by atomic mass is 10.1. The molecule has 2 rings (SSSR count). The van der Waals surface area contributed by atoms with Crippen molar-refractivity contribution in [2.75, 3.05) is 0 Å². The van der Waals surface area contributed by atoms with Crippen molar-refractivity contribution in [3.63, 3.8) is 0 Å². The van der Waals surface area contributed by atoms with Crippen molar-refractivity contribution in [2.24, 2.45) is 0 Å². The summed E-state index contributed by atoms with van der Waals surface area (Å²) in [6.07, 6.45) is 3.73. The van der Waals surface area contributed by atoms with E-state index in [1.54, 1.807) is 0 Å². The first-order valence-electron chi connectivity index (χ1n) is 8.21. The second kappa shape index (κ2) is 12.7. The maximum Gasteiger partial charge on any atom is 0.152 e. The highest BCUT2D eigenvalue weighted by Crippen LogP contribution is 2.15. The Morgan fingerprint density at radius 1 is 1.08 bits per heavy atom. The molecule has 0 aliphatic carbocycles. The van der Waals surface area contributed by atoms with E-state index in [9.17, 15) is 4.79 Å². The van der Waals surface area contributed by atoms with Crippen LogP contribution in [-0.2, 0) is 11.2 Å². The molecule has 0 heterocycles. The molecule has 2 aromatic rings. The van der Waals surface area contributed by atoms with Crippen LogP contribution in [0, 0.1) is 20.8 Å². The summed E-state index contributed by atoms with van der Waals surface area (Å²) in [6, 6.07) is 15.0. The van der Waals surface area contributed by atoms with E-state index in [1.165, 1.54) is 52.6 Å². The molecule has 0 aliphatic heterocycles. The van der Waals surface area contributed by atoms with Gasteiger partial charge in [-0.25, -0.2) is 0 Å². The SMILES string of the molecule is C=CC(C)=O.CCCc1cccc(C)c1.Cc1ccc(Br)c(C)c1. The number of hydrogen-bond acceptors (Lipinski definition) is 1. The minimum absolute atomic E-state index is 0.0185. The number of carbonyl (C=O) groups is 1. The van der Waals surface area contributed by atoms with Gasteiger partial charge in [-0.2, -0.15) is 0 Å². The summed E-state index contributed by atoms with van der Waals surface area (Å²) in [4.78, 5) is 9.69. The predicted octanol–water partition coefficient (Wildman–Crippen LogP) is 6.77. The third kappa shape index (κ3) is 11.0. The fourth-order valence-corrected chi connectivity index (χ4v) is 2.20. The van der Waals surface area contributed by atoms with Gasteiger partial charge < -0.3 is 0 Å². The third-order valence-corrected chi connectivity index (χ3v) is 4.11. The van der Waals surface area contributed by atoms with Crippen LogP contribution in [0.25, 0.3) is 0 Å². The molecule has 0 amide bonds. The molecule has 0 N–H and O–H groups in total. The number of halogens is 1. The number of hydrogen-bond donors (Lipinski definition) is 0. The normalized spacial score (nSPS) is 9.08. The molecule has 0 atom stereocenters. The van der Waals surface area contributed by atoms with E-state index in [0.29, 0.717) is 0 Å². The highest BCUT2D eigenvalue weighted by molar-refractivity contribution is 9.10. The van der Waals surface area contributed by atoms with Crippen molar-refractivity contribution < 1.29 is 4.79 Å². The van der Waals surface area contributed by atoms with E-state index in [-0.39, 0.29) is 5.78 Å². The Morgan fingerprint density at radius 3 is 2.08 bits per heavy atom. The van der Waals surface area contributed by atoms with Crippen molar-refractivity contribution in [1.29, 1.82) is 0 Å². The third-order valence-electron chi connectivity index (χ3n) is 3.22. The van der Waals surface area contributed by atoms with Gasteiger partial charge in [0.2, 0.25) is 0 Å². The standard InChI is InChI=1S/C10H14.C8H9Br.C4H6O/c1-3-5-10-7-4-6-9(2)8-10;1-6-3-4-8(9)7(2)5-6;1-3-4(2)5/h4,6-8H,3,5H2,1-2H3;3-5H,1-2H3;3H,1H2,2H3. The Morgan fingerprint density at radius 2 is 1.67 bits per heavy atom. The molecular formula is C22H29BrO. The molecule has 0 aliphatic rings. The maximum atomic E-state index is 9.69. The zero-order valence-electron chi connectivity index (χ0n) is 15.5. The molecule has 0 aromatic heterocycles. The van der Waals surface area contributed by atoms with Crippen LogP contribution in [0.1, 0.15) is 42.5 Å². The molecular weight excluding hydrogens is 360 g/mol. The molecule has 1 nitrogen and oxygen atoms in total. The van der Waals surface area contributed by atoms with E-state index in [0.717, 1.165) is 0 Å². The molecule has 0 spiro atoms. The fourth-order valence-electron chi connectivity index (χ4n) is 1.95. The van der Waals surface area contributed by atoms with Gasteiger partial charge in [-0.3, -0.25) is 4.79 Å². The summed E-state index contributed by atoms with van der Waals surface area (Å²) in [6.45, 7) is 13.2. The molecule has 24 heavy (non-hydrogen) atoms. The van der Waals surface area contributed by atoms with Gasteiger partial charge >= 0.3 is 0 Å². The predicted molar refractivity (Wildman–Crippen MR) is 110 cm³/mol. The monoisotopic (exact) mass is 388 g/mol. The number of aryl methyl sites for hydroxylation is 4. The molecule has 0 bridgehead atoms. The van der Waals surface area contributed by atoms with Gasteiger partial charge in [0.1, 0.15) is 0 Å². The molecule has 130 valence electrons. The van der Waals surface area contributed by atoms with Gasteiger partial charge in [0.05, 0.1) is 0 Å². The summed E-state index contributed by atoms with van der Waals surface area (Å²) in [7, 11) is 0. The van der Waals surface area contributed by atoms with Crippen molar-refractivity contribution >= 4 is 21.7 Å². The molecule has 2 heteroatoms. The van der Waals surface area contributed by atoms with Crippen molar-refractivity contribution in [2.45, 2.75) is 47.5 Å². The number of benzene rings is 2. The van der Waals surface area contributed by atoms with Gasteiger partial charge in [0, 0.05) is 4.47 Å². The van der Waals surface area contributed by atoms with Gasteiger partial charge in [-0.1, -0.05) is 83.4 Å². The lowest BCUT2D eigenvalue weighted by molar-refractivity contribution is -0.112. The highest BCUT2D eigenvalue weighted by atomic mass is 79.9. The van der Waals surface area contributed by atoms with Crippen molar-refractivity contribution in [3.05, 3.63) is 81.8 Å². The summed E-state index contributed by atoms with van der Waals surface area (Å²) in [5, 5.41) is 0. The molecule has 0 saturated heterocycles. The second-order valence-electron chi connectivity index (χ2n) is 5.81. The van der Waals surface area contributed by atoms with E-state index in [1.807, 2.05) is 0 Å². The number of carbonyl (C=O) groups excluding carboxylic acids is 1. The van der Waals surface area contributed by atoms with Gasteiger partial charge in [0.25, 0.3) is 0 Å². The van der Waals surface area contributed by atoms with Crippen LogP contribution in [0.4, 0.5) is 0 Å². The van der Waals surface area contributed by atoms with Gasteiger partial charge in [-0.15, -0.1) is 0 Å². The van der Waals surface area contributed by atoms with Crippen LogP contribution >= 0.6 is 15.9 Å². The first-order chi connectivity index (χ1) is 11.3. The lowest BCUT2D eigenvalue weighted by Crippen LogP contribution is -1.82. The largest absolute Gasteiger partial charge is 0.295 e. The molecule has 0 fully saturated rings. The van der Waals surface area contributed by atoms with E-state index in [2.05, 4.69) is 92.7 Å². The Kier molecular flexibility index (Phi) is 11.8. The van der Waals surface area contributed by atoms with E-state index < -0.39 is 0 Å². The Hall–Kier alpha value is -1.67. The average Bonchev–Trinajstić information content (AvgIpc) is 2.53. The summed E-state index contributed by atoms with van der Waals surface area (Å²) < 4.78 is 1.19. The summed E-state index contributed by atoms with van der Waals surface area (Å²) in [5.74, 6) is 0.0185. The first kappa shape index (κ1) is 22.3. The number of rotatable bonds is 3. The van der Waals surface area contributed by atoms with Crippen LogP contribution in [-0.4, -0.2) is 5.78 Å². The molecule has 0 saturated carbocycles. The fraction of sp³-hybridized carbons (Fsp3) is 0.318. The Labute approximate surface area is 155 Å². The van der Waals surface area contributed by atoms with Crippen LogP contribution in [0.3, 0.4) is 0 Å². The Balaban J connectivity index is 0.000000351. The number of allylic oxidation sites excluding steroid dienone is 1. The lowest BCUT2D eigenvalue weighted by Gasteiger charge is -1.97. The van der Waals surface area contributed by atoms with Gasteiger partial charge in [-0.05, 0) is 57.4 Å². The number of ketones is 1. The molecule has 2 aromatic carbocycles. The zero-order chi connectivity index (χ0) is 18.5. The second-order valence-corrected chi connectivity index (χ2v) is 6.66. The van der Waals surface area contributed by atoms with Crippen molar-refractivity contribution in [3.8, 4) is 0 Å². The van der Waals surface area contributed by atoms with Crippen LogP contribution in [0.2, 0.25) is 0 Å². The van der Waals surface area contributed by atoms with E-state index >= 15 is 0 Å². The summed E-state index contributed by atoms with van der Waals surface area (Å²) >= 11 is 3.43. The maximum absolute atomic E-state index is 9.69. The van der Waals surface area contributed by atoms with Gasteiger partial charge in [0.15, 0.2) is 5.78 Å². The Bertz CT molecular complexity index is 644. The van der Waals surface area contributed by atoms with Crippen LogP contribution in [0.5, 0.6) is 0 Å². The smallest absolute Gasteiger partial charge is 0.152 e.